The lowest BCUT2D eigenvalue weighted by molar-refractivity contribution is 0.175. The Kier molecular flexibility index (Phi) is 7.01. The van der Waals surface area contributed by atoms with Gasteiger partial charge >= 0.3 is 6.09 Å². The number of nitrogens with one attached hydrogen (secondary N) is 1. The highest BCUT2D eigenvalue weighted by atomic mass is 28.4. The summed E-state index contributed by atoms with van der Waals surface area (Å²) in [6.45, 7) is 7.11. The average Bonchev–Trinajstić information content (AvgIpc) is 3.46. The second kappa shape index (κ2) is 9.33. The summed E-state index contributed by atoms with van der Waals surface area (Å²) in [5.41, 5.74) is 0. The summed E-state index contributed by atoms with van der Waals surface area (Å²) in [6.07, 6.45) is 0.607. The van der Waals surface area contributed by atoms with E-state index in [1.54, 1.807) is 0 Å². The van der Waals surface area contributed by atoms with Gasteiger partial charge in [-0.25, -0.2) is 4.79 Å². The van der Waals surface area contributed by atoms with Crippen LogP contribution in [0.25, 0.3) is 0 Å². The number of carboxylic acid groups (broad SMARTS) is 1. The molecule has 3 rings (SSSR count). The normalized spacial score (nSPS) is 19.9. The Morgan fingerprint density at radius 1 is 1.07 bits per heavy atom. The van der Waals surface area contributed by atoms with Crippen LogP contribution in [-0.4, -0.2) is 43.9 Å². The Bertz CT molecular complexity index is 783. The van der Waals surface area contributed by atoms with Gasteiger partial charge in [0.1, 0.15) is 0 Å². The average molecular weight is 428 g/mol. The number of aliphatic hydroxyl groups is 1. The molecule has 2 aromatic carbocycles. The Labute approximate surface area is 180 Å². The zero-order chi connectivity index (χ0) is 21.8. The first-order chi connectivity index (χ1) is 14.3. The van der Waals surface area contributed by atoms with Crippen molar-refractivity contribution in [3.8, 4) is 0 Å². The maximum absolute atomic E-state index is 11.4. The Morgan fingerprint density at radius 2 is 1.60 bits per heavy atom. The van der Waals surface area contributed by atoms with Crippen molar-refractivity contribution in [2.75, 3.05) is 13.2 Å². The van der Waals surface area contributed by atoms with E-state index in [1.165, 1.54) is 10.4 Å². The summed E-state index contributed by atoms with van der Waals surface area (Å²) in [7, 11) is -2.70. The summed E-state index contributed by atoms with van der Waals surface area (Å²) in [5.74, 6) is 0.644. The van der Waals surface area contributed by atoms with Crippen molar-refractivity contribution >= 4 is 24.8 Å². The highest BCUT2D eigenvalue weighted by molar-refractivity contribution is 6.99. The number of aliphatic hydroxyl groups excluding tert-OH is 1. The molecule has 0 aliphatic heterocycles. The van der Waals surface area contributed by atoms with E-state index < -0.39 is 14.4 Å². The molecule has 1 aliphatic rings. The fourth-order valence-electron chi connectivity index (χ4n) is 4.52. The number of rotatable bonds is 9. The maximum Gasteiger partial charge on any atom is 0.404 e. The minimum Gasteiger partial charge on any atom is -0.465 e. The third-order valence-electron chi connectivity index (χ3n) is 6.14. The largest absolute Gasteiger partial charge is 0.465 e. The fourth-order valence-corrected chi connectivity index (χ4v) is 9.13. The summed E-state index contributed by atoms with van der Waals surface area (Å²) >= 11 is 0. The van der Waals surface area contributed by atoms with E-state index in [9.17, 15) is 15.0 Å². The molecular formula is C24H33NO4Si. The Morgan fingerprint density at radius 3 is 2.00 bits per heavy atom. The molecule has 3 atom stereocenters. The van der Waals surface area contributed by atoms with Gasteiger partial charge in [-0.3, -0.25) is 0 Å². The van der Waals surface area contributed by atoms with E-state index in [0.717, 1.165) is 6.42 Å². The second-order valence-corrected chi connectivity index (χ2v) is 13.6. The molecule has 1 aliphatic carbocycles. The molecule has 1 saturated carbocycles. The first-order valence-corrected chi connectivity index (χ1v) is 12.5. The van der Waals surface area contributed by atoms with E-state index in [1.807, 2.05) is 36.4 Å². The van der Waals surface area contributed by atoms with Gasteiger partial charge < -0.3 is 20.0 Å². The van der Waals surface area contributed by atoms with E-state index in [-0.39, 0.29) is 23.6 Å². The predicted octanol–water partition coefficient (Wildman–Crippen LogP) is 3.22. The summed E-state index contributed by atoms with van der Waals surface area (Å²) in [4.78, 5) is 11.4. The molecular weight excluding hydrogens is 394 g/mol. The topological polar surface area (TPSA) is 78.8 Å². The van der Waals surface area contributed by atoms with Gasteiger partial charge in [0.05, 0.1) is 12.6 Å². The minimum atomic E-state index is -2.70. The van der Waals surface area contributed by atoms with Gasteiger partial charge in [-0.2, -0.15) is 0 Å². The van der Waals surface area contributed by atoms with E-state index in [4.69, 9.17) is 4.43 Å². The number of benzene rings is 2. The van der Waals surface area contributed by atoms with Gasteiger partial charge in [0.25, 0.3) is 8.32 Å². The van der Waals surface area contributed by atoms with Crippen LogP contribution in [0.1, 0.15) is 33.6 Å². The van der Waals surface area contributed by atoms with Crippen LogP contribution >= 0.6 is 0 Å². The molecule has 1 amide bonds. The molecule has 30 heavy (non-hydrogen) atoms. The molecule has 0 heterocycles. The van der Waals surface area contributed by atoms with E-state index in [2.05, 4.69) is 50.4 Å². The summed E-state index contributed by atoms with van der Waals surface area (Å²) in [5, 5.41) is 23.6. The molecule has 6 heteroatoms. The number of carbonyl (C=O) groups is 1. The summed E-state index contributed by atoms with van der Waals surface area (Å²) in [6, 6.07) is 20.4. The van der Waals surface area contributed by atoms with Gasteiger partial charge in [0.2, 0.25) is 0 Å². The first kappa shape index (κ1) is 22.5. The highest BCUT2D eigenvalue weighted by Crippen LogP contribution is 2.42. The molecule has 0 radical (unpaired) electrons. The molecule has 162 valence electrons. The maximum atomic E-state index is 11.4. The van der Waals surface area contributed by atoms with Crippen LogP contribution in [0.15, 0.2) is 60.7 Å². The van der Waals surface area contributed by atoms with Crippen molar-refractivity contribution < 1.29 is 19.4 Å². The van der Waals surface area contributed by atoms with Crippen LogP contribution in [0.2, 0.25) is 5.04 Å². The predicted molar refractivity (Wildman–Crippen MR) is 122 cm³/mol. The fraction of sp³-hybridized carbons (Fsp3) is 0.458. The molecule has 3 N–H and O–H groups in total. The molecule has 0 spiro atoms. The zero-order valence-electron chi connectivity index (χ0n) is 18.0. The van der Waals surface area contributed by atoms with Crippen molar-refractivity contribution in [2.24, 2.45) is 11.8 Å². The number of hydrogen-bond acceptors (Lipinski definition) is 3. The van der Waals surface area contributed by atoms with Crippen molar-refractivity contribution in [3.63, 3.8) is 0 Å². The molecule has 2 aromatic rings. The minimum absolute atomic E-state index is 0.156. The van der Waals surface area contributed by atoms with Gasteiger partial charge in [0.15, 0.2) is 0 Å². The Balaban J connectivity index is 1.94. The molecule has 0 saturated heterocycles. The lowest BCUT2D eigenvalue weighted by Gasteiger charge is -2.43. The van der Waals surface area contributed by atoms with Gasteiger partial charge in [-0.15, -0.1) is 0 Å². The Hall–Kier alpha value is -2.15. The number of amides is 1. The lowest BCUT2D eigenvalue weighted by Crippen LogP contribution is -2.67. The molecule has 2 unspecified atom stereocenters. The van der Waals surface area contributed by atoms with Crippen molar-refractivity contribution in [1.82, 2.24) is 5.32 Å². The zero-order valence-corrected chi connectivity index (χ0v) is 19.0. The van der Waals surface area contributed by atoms with Crippen LogP contribution in [0.3, 0.4) is 0 Å². The van der Waals surface area contributed by atoms with Gasteiger partial charge in [0, 0.05) is 6.61 Å². The second-order valence-electron chi connectivity index (χ2n) is 9.29. The van der Waals surface area contributed by atoms with Gasteiger partial charge in [-0.1, -0.05) is 81.4 Å². The van der Waals surface area contributed by atoms with Crippen molar-refractivity contribution in [1.29, 1.82) is 0 Å². The highest BCUT2D eigenvalue weighted by Gasteiger charge is 2.50. The third-order valence-corrected chi connectivity index (χ3v) is 11.1. The van der Waals surface area contributed by atoms with Crippen molar-refractivity contribution in [2.45, 2.75) is 44.7 Å². The van der Waals surface area contributed by atoms with Crippen LogP contribution in [-0.2, 0) is 4.43 Å². The van der Waals surface area contributed by atoms with Crippen LogP contribution in [0, 0.1) is 11.8 Å². The van der Waals surface area contributed by atoms with Gasteiger partial charge in [-0.05, 0) is 40.1 Å². The van der Waals surface area contributed by atoms with Crippen LogP contribution < -0.4 is 15.7 Å². The standard InChI is InChI=1S/C24H33NO4Si/c1-24(2,3)30(21-10-6-4-7-11-21,22-12-8-5-9-13-22)29-17-20(25-23(27)28)15-18-14-19(18)16-26/h4-13,18-20,25-26H,14-17H2,1-3H3,(H,27,28)/t18?,19?,20-/m0/s1. The quantitative estimate of drug-likeness (QED) is 0.537. The van der Waals surface area contributed by atoms with E-state index in [0.29, 0.717) is 18.9 Å². The first-order valence-electron chi connectivity index (χ1n) is 10.6. The smallest absolute Gasteiger partial charge is 0.404 e. The van der Waals surface area contributed by atoms with E-state index >= 15 is 0 Å². The lowest BCUT2D eigenvalue weighted by atomic mass is 10.1. The van der Waals surface area contributed by atoms with Crippen LogP contribution in [0.4, 0.5) is 4.79 Å². The summed E-state index contributed by atoms with van der Waals surface area (Å²) < 4.78 is 6.88. The van der Waals surface area contributed by atoms with Crippen molar-refractivity contribution in [3.05, 3.63) is 60.7 Å². The molecule has 1 fully saturated rings. The van der Waals surface area contributed by atoms with Crippen LogP contribution in [0.5, 0.6) is 0 Å². The third kappa shape index (κ3) is 4.94. The molecule has 0 bridgehead atoms. The molecule has 5 nitrogen and oxygen atoms in total. The number of hydrogen-bond donors (Lipinski definition) is 3. The monoisotopic (exact) mass is 427 g/mol. The molecule has 0 aromatic heterocycles. The SMILES string of the molecule is CC(C)(C)[Si](OC[C@H](CC1CC1CO)NC(=O)O)(c1ccccc1)c1ccccc1.